The van der Waals surface area contributed by atoms with Crippen LogP contribution in [0.15, 0.2) is 34.0 Å². The highest BCUT2D eigenvalue weighted by Crippen LogP contribution is 2.46. The molecule has 1 saturated heterocycles. The van der Waals surface area contributed by atoms with Gasteiger partial charge in [0.25, 0.3) is 0 Å². The number of aromatic nitrogens is 2. The summed E-state index contributed by atoms with van der Waals surface area (Å²) >= 11 is 8.14. The van der Waals surface area contributed by atoms with Gasteiger partial charge >= 0.3 is 5.69 Å². The molecule has 2 aliphatic rings. The first-order valence-corrected chi connectivity index (χ1v) is 14.1. The summed E-state index contributed by atoms with van der Waals surface area (Å²) in [5.41, 5.74) is 0.741. The molecule has 0 spiro atoms. The Kier molecular flexibility index (Phi) is 6.07. The topological polar surface area (TPSA) is 84.3 Å². The van der Waals surface area contributed by atoms with Crippen LogP contribution in [-0.4, -0.2) is 61.4 Å². The molecule has 3 heterocycles. The Bertz CT molecular complexity index is 1480. The molecule has 0 bridgehead atoms. The van der Waals surface area contributed by atoms with Crippen molar-refractivity contribution in [3.8, 4) is 11.1 Å². The average molecular weight is 527 g/mol. The number of hydrogen-bond donors (Lipinski definition) is 1. The van der Waals surface area contributed by atoms with E-state index in [1.807, 2.05) is 4.90 Å². The Hall–Kier alpha value is -2.21. The quantitative estimate of drug-likeness (QED) is 0.559. The fourth-order valence-corrected chi connectivity index (χ4v) is 7.14. The highest BCUT2D eigenvalue weighted by molar-refractivity contribution is 7.99. The van der Waals surface area contributed by atoms with Gasteiger partial charge in [-0.2, -0.15) is 4.98 Å². The smallest absolute Gasteiger partial charge is 0.350 e. The Morgan fingerprint density at radius 2 is 2.06 bits per heavy atom. The van der Waals surface area contributed by atoms with Gasteiger partial charge in [0, 0.05) is 71.7 Å². The lowest BCUT2D eigenvalue weighted by Crippen LogP contribution is -2.54. The first-order chi connectivity index (χ1) is 16.1. The van der Waals surface area contributed by atoms with E-state index < -0.39 is 27.2 Å². The van der Waals surface area contributed by atoms with Crippen LogP contribution in [0, 0.1) is 11.6 Å². The lowest BCUT2D eigenvalue weighted by molar-refractivity contribution is 0.478. The van der Waals surface area contributed by atoms with E-state index in [9.17, 15) is 22.0 Å². The molecule has 0 radical (unpaired) electrons. The molecule has 0 amide bonds. The lowest BCUT2D eigenvalue weighted by atomic mass is 10.0. The van der Waals surface area contributed by atoms with E-state index in [4.69, 9.17) is 11.6 Å². The predicted molar refractivity (Wildman–Crippen MR) is 131 cm³/mol. The van der Waals surface area contributed by atoms with Crippen molar-refractivity contribution in [2.45, 2.75) is 17.5 Å². The van der Waals surface area contributed by atoms with Crippen molar-refractivity contribution < 1.29 is 17.2 Å². The fraction of sp³-hybridized carbons (Fsp3) is 0.364. The minimum absolute atomic E-state index is 0.0334. The number of aryl methyl sites for hydroxylation is 1. The van der Waals surface area contributed by atoms with Crippen molar-refractivity contribution in [2.75, 3.05) is 42.3 Å². The molecule has 1 N–H and O–H groups in total. The van der Waals surface area contributed by atoms with Crippen molar-refractivity contribution in [1.82, 2.24) is 14.9 Å². The molecule has 34 heavy (non-hydrogen) atoms. The highest BCUT2D eigenvalue weighted by atomic mass is 35.5. The van der Waals surface area contributed by atoms with Crippen molar-refractivity contribution in [1.29, 1.82) is 0 Å². The van der Waals surface area contributed by atoms with Crippen molar-refractivity contribution in [3.05, 3.63) is 51.4 Å². The summed E-state index contributed by atoms with van der Waals surface area (Å²) in [5, 5.41) is 4.10. The molecule has 0 saturated carbocycles. The Morgan fingerprint density at radius 1 is 1.26 bits per heavy atom. The molecule has 1 fully saturated rings. The van der Waals surface area contributed by atoms with Crippen LogP contribution >= 0.6 is 23.4 Å². The summed E-state index contributed by atoms with van der Waals surface area (Å²) in [7, 11) is -3.20. The van der Waals surface area contributed by atoms with Crippen LogP contribution in [0.25, 0.3) is 22.0 Å². The van der Waals surface area contributed by atoms with Crippen molar-refractivity contribution in [2.24, 2.45) is 0 Å². The summed E-state index contributed by atoms with van der Waals surface area (Å²) in [5.74, 6) is -0.465. The summed E-state index contributed by atoms with van der Waals surface area (Å²) in [6.07, 6.45) is 1.19. The van der Waals surface area contributed by atoms with Gasteiger partial charge in [-0.1, -0.05) is 11.6 Å². The van der Waals surface area contributed by atoms with Crippen LogP contribution in [0.2, 0.25) is 5.02 Å². The molecule has 1 atom stereocenters. The van der Waals surface area contributed by atoms with Crippen LogP contribution in [-0.2, 0) is 16.4 Å². The van der Waals surface area contributed by atoms with E-state index in [2.05, 4.69) is 10.3 Å². The number of nitrogens with zero attached hydrogens (tertiary/aromatic N) is 3. The van der Waals surface area contributed by atoms with E-state index in [0.717, 1.165) is 6.07 Å². The second-order valence-corrected chi connectivity index (χ2v) is 12.2. The monoisotopic (exact) mass is 526 g/mol. The van der Waals surface area contributed by atoms with Gasteiger partial charge in [-0.15, -0.1) is 11.8 Å². The van der Waals surface area contributed by atoms with Crippen LogP contribution < -0.4 is 15.9 Å². The molecule has 180 valence electrons. The highest BCUT2D eigenvalue weighted by Gasteiger charge is 2.29. The number of rotatable bonds is 4. The molecule has 1 aromatic heterocycles. The third-order valence-electron chi connectivity index (χ3n) is 5.97. The number of piperazine rings is 1. The maximum absolute atomic E-state index is 14.7. The second kappa shape index (κ2) is 8.78. The Balaban J connectivity index is 1.70. The third-order valence-corrected chi connectivity index (χ3v) is 8.35. The lowest BCUT2D eigenvalue weighted by Gasteiger charge is -2.35. The second-order valence-electron chi connectivity index (χ2n) is 8.49. The maximum Gasteiger partial charge on any atom is 0.350 e. The molecule has 2 aliphatic heterocycles. The molecule has 5 rings (SSSR count). The molecule has 7 nitrogen and oxygen atoms in total. The molecule has 0 unspecified atom stereocenters. The number of nitrogens with one attached hydrogen (secondary N) is 1. The number of sulfone groups is 1. The molecule has 12 heteroatoms. The molecule has 2 aromatic carbocycles. The number of halogens is 3. The number of thioether (sulfide) groups is 1. The Morgan fingerprint density at radius 3 is 2.79 bits per heavy atom. The van der Waals surface area contributed by atoms with Gasteiger partial charge in [0.15, 0.2) is 0 Å². The van der Waals surface area contributed by atoms with E-state index in [0.29, 0.717) is 59.1 Å². The fourth-order valence-electron chi connectivity index (χ4n) is 4.63. The van der Waals surface area contributed by atoms with Crippen LogP contribution in [0.1, 0.15) is 0 Å². The van der Waals surface area contributed by atoms with E-state index in [1.54, 1.807) is 10.6 Å². The Labute approximate surface area is 204 Å². The van der Waals surface area contributed by atoms with Crippen LogP contribution in [0.3, 0.4) is 0 Å². The summed E-state index contributed by atoms with van der Waals surface area (Å²) in [6, 6.07) is 4.68. The molecular formula is C22H21ClF2N4O3S2. The molecule has 3 aromatic rings. The summed E-state index contributed by atoms with van der Waals surface area (Å²) in [4.78, 5) is 19.9. The van der Waals surface area contributed by atoms with E-state index >= 15 is 0 Å². The maximum atomic E-state index is 14.7. The zero-order chi connectivity index (χ0) is 24.2. The third kappa shape index (κ3) is 4.30. The molecular weight excluding hydrogens is 506 g/mol. The predicted octanol–water partition coefficient (Wildman–Crippen LogP) is 2.92. The van der Waals surface area contributed by atoms with Gasteiger partial charge in [-0.25, -0.2) is 22.0 Å². The average Bonchev–Trinajstić information content (AvgIpc) is 2.76. The number of hydrogen-bond acceptors (Lipinski definition) is 7. The van der Waals surface area contributed by atoms with Gasteiger partial charge in [0.1, 0.15) is 27.3 Å². The summed E-state index contributed by atoms with van der Waals surface area (Å²) < 4.78 is 53.4. The van der Waals surface area contributed by atoms with Crippen molar-refractivity contribution >= 4 is 49.9 Å². The summed E-state index contributed by atoms with van der Waals surface area (Å²) in [6.45, 7) is 1.85. The standard InChI is InChI=1S/C22H21ClF2N4O3S2/c1-34(31,32)11-13-10-28(5-4-26-13)21-15-9-16(23)18(14-3-2-12(24)8-17(14)25)20-19(15)29(6-7-33-20)22(30)27-21/h2-3,8-9,13,26H,4-7,10-11H2,1H3/t13-/m1/s1. The molecule has 0 aliphatic carbocycles. The van der Waals surface area contributed by atoms with Gasteiger partial charge in [-0.05, 0) is 18.2 Å². The van der Waals surface area contributed by atoms with Crippen LogP contribution in [0.5, 0.6) is 0 Å². The number of anilines is 1. The van der Waals surface area contributed by atoms with Gasteiger partial charge in [0.2, 0.25) is 0 Å². The van der Waals surface area contributed by atoms with Crippen molar-refractivity contribution in [3.63, 3.8) is 0 Å². The number of benzene rings is 2. The minimum Gasteiger partial charge on any atom is -0.353 e. The normalized spacial score (nSPS) is 18.5. The van der Waals surface area contributed by atoms with Gasteiger partial charge < -0.3 is 10.2 Å². The zero-order valence-corrected chi connectivity index (χ0v) is 20.5. The first-order valence-electron chi connectivity index (χ1n) is 10.6. The van der Waals surface area contributed by atoms with Gasteiger partial charge in [0.05, 0.1) is 16.3 Å². The largest absolute Gasteiger partial charge is 0.353 e. The zero-order valence-electron chi connectivity index (χ0n) is 18.1. The van der Waals surface area contributed by atoms with E-state index in [-0.39, 0.29) is 22.4 Å². The minimum atomic E-state index is -3.20. The first kappa shape index (κ1) is 23.5. The SMILES string of the molecule is CS(=O)(=O)C[C@H]1CN(c2nc(=O)n3c4c(c(-c5ccc(F)cc5F)c(Cl)cc24)SCC3)CCN1. The van der Waals surface area contributed by atoms with E-state index in [1.165, 1.54) is 30.2 Å². The van der Waals surface area contributed by atoms with Gasteiger partial charge in [-0.3, -0.25) is 4.57 Å². The van der Waals surface area contributed by atoms with Crippen LogP contribution in [0.4, 0.5) is 14.6 Å².